The van der Waals surface area contributed by atoms with E-state index in [0.29, 0.717) is 17.8 Å². The highest BCUT2D eigenvalue weighted by Gasteiger charge is 2.51. The van der Waals surface area contributed by atoms with Gasteiger partial charge in [-0.3, -0.25) is 0 Å². The molecule has 0 radical (unpaired) electrons. The monoisotopic (exact) mass is 254 g/mol. The van der Waals surface area contributed by atoms with Gasteiger partial charge < -0.3 is 14.6 Å². The smallest absolute Gasteiger partial charge is 0.168 e. The van der Waals surface area contributed by atoms with E-state index in [4.69, 9.17) is 9.47 Å². The van der Waals surface area contributed by atoms with Crippen molar-refractivity contribution in [1.82, 2.24) is 0 Å². The largest absolute Gasteiger partial charge is 0.393 e. The molecule has 18 heavy (non-hydrogen) atoms. The van der Waals surface area contributed by atoms with Gasteiger partial charge in [0.15, 0.2) is 5.79 Å². The van der Waals surface area contributed by atoms with Crippen LogP contribution in [0.3, 0.4) is 0 Å². The van der Waals surface area contributed by atoms with Gasteiger partial charge >= 0.3 is 0 Å². The minimum absolute atomic E-state index is 0.0937. The predicted octanol–water partition coefficient (Wildman–Crippen LogP) is 2.57. The molecule has 3 aliphatic rings. The van der Waals surface area contributed by atoms with Gasteiger partial charge in [0.2, 0.25) is 0 Å². The fraction of sp³-hybridized carbons (Fsp3) is 1.00. The number of ether oxygens (including phenoxy) is 2. The van der Waals surface area contributed by atoms with Crippen molar-refractivity contribution in [2.24, 2.45) is 23.7 Å². The van der Waals surface area contributed by atoms with Crippen LogP contribution < -0.4 is 0 Å². The van der Waals surface area contributed by atoms with Crippen LogP contribution in [-0.2, 0) is 9.47 Å². The number of fused-ring (bicyclic) bond motifs is 1. The fourth-order valence-electron chi connectivity index (χ4n) is 4.56. The molecule has 3 heteroatoms. The molecule has 3 rings (SSSR count). The van der Waals surface area contributed by atoms with Gasteiger partial charge in [-0.05, 0) is 50.4 Å². The molecule has 0 aromatic heterocycles. The highest BCUT2D eigenvalue weighted by atomic mass is 16.7. The van der Waals surface area contributed by atoms with Crippen LogP contribution in [0.1, 0.15) is 46.0 Å². The molecule has 5 unspecified atom stereocenters. The van der Waals surface area contributed by atoms with E-state index in [2.05, 4.69) is 13.8 Å². The second-order valence-electron chi connectivity index (χ2n) is 6.71. The Hall–Kier alpha value is -0.120. The van der Waals surface area contributed by atoms with Crippen molar-refractivity contribution in [1.29, 1.82) is 0 Å². The van der Waals surface area contributed by atoms with Gasteiger partial charge in [-0.1, -0.05) is 13.3 Å². The summed E-state index contributed by atoms with van der Waals surface area (Å²) in [7, 11) is 0. The predicted molar refractivity (Wildman–Crippen MR) is 69.0 cm³/mol. The van der Waals surface area contributed by atoms with E-state index in [0.717, 1.165) is 32.0 Å². The molecule has 1 aliphatic heterocycles. The van der Waals surface area contributed by atoms with Crippen LogP contribution in [0, 0.1) is 23.7 Å². The third kappa shape index (κ3) is 2.10. The van der Waals surface area contributed by atoms with Crippen molar-refractivity contribution in [3.63, 3.8) is 0 Å². The molecule has 104 valence electrons. The molecule has 1 N–H and O–H groups in total. The van der Waals surface area contributed by atoms with Crippen molar-refractivity contribution in [3.05, 3.63) is 0 Å². The zero-order chi connectivity index (χ0) is 12.8. The molecule has 0 aromatic rings. The first-order chi connectivity index (χ1) is 8.60. The zero-order valence-corrected chi connectivity index (χ0v) is 11.6. The third-order valence-corrected chi connectivity index (χ3v) is 5.54. The number of hydrogen-bond donors (Lipinski definition) is 1. The molecule has 1 heterocycles. The molecule has 3 fully saturated rings. The lowest BCUT2D eigenvalue weighted by atomic mass is 9.60. The van der Waals surface area contributed by atoms with Crippen molar-refractivity contribution in [3.8, 4) is 0 Å². The van der Waals surface area contributed by atoms with Crippen molar-refractivity contribution in [2.75, 3.05) is 13.2 Å². The minimum Gasteiger partial charge on any atom is -0.393 e. The molecule has 5 atom stereocenters. The van der Waals surface area contributed by atoms with Gasteiger partial charge in [-0.2, -0.15) is 0 Å². The Morgan fingerprint density at radius 3 is 2.44 bits per heavy atom. The van der Waals surface area contributed by atoms with Crippen LogP contribution in [0.25, 0.3) is 0 Å². The average molecular weight is 254 g/mol. The first-order valence-corrected chi connectivity index (χ1v) is 7.56. The lowest BCUT2D eigenvalue weighted by molar-refractivity contribution is -0.219. The molecule has 0 spiro atoms. The van der Waals surface area contributed by atoms with E-state index in [-0.39, 0.29) is 11.9 Å². The highest BCUT2D eigenvalue weighted by Crippen LogP contribution is 2.50. The minimum atomic E-state index is -0.389. The zero-order valence-electron chi connectivity index (χ0n) is 11.6. The molecule has 2 saturated carbocycles. The first kappa shape index (κ1) is 12.9. The number of aliphatic hydroxyl groups excluding tert-OH is 1. The lowest BCUT2D eigenvalue weighted by Gasteiger charge is -2.49. The van der Waals surface area contributed by atoms with E-state index in [1.165, 1.54) is 19.3 Å². The van der Waals surface area contributed by atoms with Crippen molar-refractivity contribution >= 4 is 0 Å². The Morgan fingerprint density at radius 2 is 1.72 bits per heavy atom. The molecule has 0 amide bonds. The van der Waals surface area contributed by atoms with Gasteiger partial charge in [0.1, 0.15) is 0 Å². The Morgan fingerprint density at radius 1 is 1.00 bits per heavy atom. The summed E-state index contributed by atoms with van der Waals surface area (Å²) in [6, 6.07) is 0. The van der Waals surface area contributed by atoms with Gasteiger partial charge in [0, 0.05) is 5.92 Å². The number of aliphatic hydroxyl groups is 1. The molecule has 0 aromatic carbocycles. The fourth-order valence-corrected chi connectivity index (χ4v) is 4.56. The number of hydrogen-bond acceptors (Lipinski definition) is 3. The van der Waals surface area contributed by atoms with Crippen LogP contribution >= 0.6 is 0 Å². The lowest BCUT2D eigenvalue weighted by Crippen LogP contribution is -2.50. The van der Waals surface area contributed by atoms with Crippen molar-refractivity contribution in [2.45, 2.75) is 57.8 Å². The second kappa shape index (κ2) is 4.77. The third-order valence-electron chi connectivity index (χ3n) is 5.54. The Balaban J connectivity index is 1.81. The van der Waals surface area contributed by atoms with Crippen LogP contribution in [0.5, 0.6) is 0 Å². The quantitative estimate of drug-likeness (QED) is 0.781. The Bertz CT molecular complexity index is 298. The SMILES string of the molecule is CC1CCC2C(O)CCC(C3(C)OCCO3)C2C1. The topological polar surface area (TPSA) is 38.7 Å². The van der Waals surface area contributed by atoms with E-state index >= 15 is 0 Å². The number of rotatable bonds is 1. The molecule has 3 nitrogen and oxygen atoms in total. The Kier molecular flexibility index (Phi) is 3.41. The second-order valence-corrected chi connectivity index (χ2v) is 6.71. The van der Waals surface area contributed by atoms with E-state index in [1.807, 2.05) is 0 Å². The van der Waals surface area contributed by atoms with Crippen LogP contribution in [0.4, 0.5) is 0 Å². The maximum atomic E-state index is 10.3. The standard InChI is InChI=1S/C15H26O3/c1-10-3-4-11-12(9-10)13(5-6-14(11)16)15(2)17-7-8-18-15/h10-14,16H,3-9H2,1-2H3. The highest BCUT2D eigenvalue weighted by molar-refractivity contribution is 4.96. The van der Waals surface area contributed by atoms with Gasteiger partial charge in [0.05, 0.1) is 19.3 Å². The summed E-state index contributed by atoms with van der Waals surface area (Å²) >= 11 is 0. The van der Waals surface area contributed by atoms with Crippen molar-refractivity contribution < 1.29 is 14.6 Å². The summed E-state index contributed by atoms with van der Waals surface area (Å²) in [5.74, 6) is 1.92. The molecule has 0 bridgehead atoms. The first-order valence-electron chi connectivity index (χ1n) is 7.56. The molecule has 1 saturated heterocycles. The van der Waals surface area contributed by atoms with E-state index < -0.39 is 0 Å². The maximum absolute atomic E-state index is 10.3. The van der Waals surface area contributed by atoms with Gasteiger partial charge in [-0.25, -0.2) is 0 Å². The molecular weight excluding hydrogens is 228 g/mol. The Labute approximate surface area is 110 Å². The van der Waals surface area contributed by atoms with Crippen LogP contribution in [0.15, 0.2) is 0 Å². The summed E-state index contributed by atoms with van der Waals surface area (Å²) in [6.45, 7) is 5.90. The summed E-state index contributed by atoms with van der Waals surface area (Å²) < 4.78 is 11.8. The van der Waals surface area contributed by atoms with Crippen LogP contribution in [0.2, 0.25) is 0 Å². The maximum Gasteiger partial charge on any atom is 0.168 e. The van der Waals surface area contributed by atoms with Gasteiger partial charge in [-0.15, -0.1) is 0 Å². The van der Waals surface area contributed by atoms with E-state index in [9.17, 15) is 5.11 Å². The van der Waals surface area contributed by atoms with Gasteiger partial charge in [0.25, 0.3) is 0 Å². The molecular formula is C15H26O3. The molecule has 2 aliphatic carbocycles. The summed E-state index contributed by atoms with van der Waals surface area (Å²) in [4.78, 5) is 0. The van der Waals surface area contributed by atoms with Crippen LogP contribution in [-0.4, -0.2) is 30.2 Å². The van der Waals surface area contributed by atoms with E-state index in [1.54, 1.807) is 0 Å². The summed E-state index contributed by atoms with van der Waals surface area (Å²) in [6.07, 6.45) is 5.55. The summed E-state index contributed by atoms with van der Waals surface area (Å²) in [5, 5.41) is 10.3. The average Bonchev–Trinajstić information content (AvgIpc) is 2.77. The summed E-state index contributed by atoms with van der Waals surface area (Å²) in [5.41, 5.74) is 0. The normalized spacial score (nSPS) is 47.8.